The van der Waals surface area contributed by atoms with Gasteiger partial charge in [-0.15, -0.1) is 0 Å². The predicted octanol–water partition coefficient (Wildman–Crippen LogP) is 13.8. The fourth-order valence-corrected chi connectivity index (χ4v) is 6.54. The topological polar surface area (TPSA) is 78.9 Å². The molecule has 1 unspecified atom stereocenters. The fraction of sp³-hybridized carbons (Fsp3) is 0.933. The van der Waals surface area contributed by atoms with E-state index in [1.165, 1.54) is 128 Å². The number of carbonyl (C=O) groups excluding carboxylic acids is 3. The Balaban J connectivity index is 4.26. The van der Waals surface area contributed by atoms with Crippen LogP contribution < -0.4 is 0 Å². The van der Waals surface area contributed by atoms with Gasteiger partial charge in [-0.1, -0.05) is 202 Å². The normalized spacial score (nSPS) is 12.6. The van der Waals surface area contributed by atoms with E-state index in [9.17, 15) is 14.4 Å². The van der Waals surface area contributed by atoms with E-state index in [2.05, 4.69) is 34.6 Å². The molecule has 51 heavy (non-hydrogen) atoms. The van der Waals surface area contributed by atoms with Crippen molar-refractivity contribution in [1.82, 2.24) is 0 Å². The smallest absolute Gasteiger partial charge is 0.306 e. The number of ether oxygens (including phenoxy) is 3. The minimum absolute atomic E-state index is 0.0658. The molecule has 0 fully saturated rings. The molecule has 0 aromatic rings. The third kappa shape index (κ3) is 38.0. The van der Waals surface area contributed by atoms with Gasteiger partial charge in [-0.3, -0.25) is 14.4 Å². The minimum Gasteiger partial charge on any atom is -0.462 e. The molecule has 0 rings (SSSR count). The van der Waals surface area contributed by atoms with Crippen molar-refractivity contribution in [3.05, 3.63) is 0 Å². The van der Waals surface area contributed by atoms with Crippen LogP contribution in [0.15, 0.2) is 0 Å². The van der Waals surface area contributed by atoms with Gasteiger partial charge in [0.15, 0.2) is 6.10 Å². The second-order valence-electron chi connectivity index (χ2n) is 16.1. The van der Waals surface area contributed by atoms with Crippen LogP contribution in [0.3, 0.4) is 0 Å². The first-order chi connectivity index (χ1) is 24.8. The summed E-state index contributed by atoms with van der Waals surface area (Å²) in [5.74, 6) is 0.808. The largest absolute Gasteiger partial charge is 0.462 e. The van der Waals surface area contributed by atoms with Gasteiger partial charge >= 0.3 is 17.9 Å². The standard InChI is InChI=1S/C45H86O6/c1-6-8-9-10-18-27-32-37-45(48)51-42(39-50-44(47)36-31-26-22-17-16-20-24-29-34-41(5)7-2)38-49-43(46)35-30-25-21-15-13-11-12-14-19-23-28-33-40(3)4/h40-42H,6-39H2,1-5H3/t41?,42-/m1/s1. The number of rotatable bonds is 39. The van der Waals surface area contributed by atoms with Gasteiger partial charge in [0, 0.05) is 19.3 Å². The molecule has 0 N–H and O–H groups in total. The summed E-state index contributed by atoms with van der Waals surface area (Å²) in [7, 11) is 0. The number of hydrogen-bond acceptors (Lipinski definition) is 6. The highest BCUT2D eigenvalue weighted by Crippen LogP contribution is 2.17. The average molecular weight is 723 g/mol. The maximum atomic E-state index is 12.6. The van der Waals surface area contributed by atoms with Gasteiger partial charge in [0.1, 0.15) is 13.2 Å². The fourth-order valence-electron chi connectivity index (χ4n) is 6.54. The van der Waals surface area contributed by atoms with Gasteiger partial charge in [-0.2, -0.15) is 0 Å². The quantitative estimate of drug-likeness (QED) is 0.0357. The molecular formula is C45H86O6. The van der Waals surface area contributed by atoms with Crippen molar-refractivity contribution < 1.29 is 28.6 Å². The van der Waals surface area contributed by atoms with Crippen LogP contribution in [-0.2, 0) is 28.6 Å². The molecule has 0 saturated heterocycles. The van der Waals surface area contributed by atoms with Crippen LogP contribution >= 0.6 is 0 Å². The summed E-state index contributed by atoms with van der Waals surface area (Å²) < 4.78 is 16.6. The molecule has 0 aliphatic rings. The van der Waals surface area contributed by atoms with Crippen LogP contribution in [0.2, 0.25) is 0 Å². The van der Waals surface area contributed by atoms with Crippen LogP contribution in [0.1, 0.15) is 240 Å². The van der Waals surface area contributed by atoms with Crippen molar-refractivity contribution in [3.63, 3.8) is 0 Å². The van der Waals surface area contributed by atoms with E-state index in [0.29, 0.717) is 19.3 Å². The SMILES string of the molecule is CCCCCCCCCC(=O)O[C@H](COC(=O)CCCCCCCCCCCCCC(C)C)COC(=O)CCCCCCCCCCC(C)CC. The monoisotopic (exact) mass is 723 g/mol. The molecule has 0 bridgehead atoms. The van der Waals surface area contributed by atoms with Crippen molar-refractivity contribution in [2.24, 2.45) is 11.8 Å². The van der Waals surface area contributed by atoms with Crippen molar-refractivity contribution in [2.75, 3.05) is 13.2 Å². The first-order valence-electron chi connectivity index (χ1n) is 22.3. The van der Waals surface area contributed by atoms with Gasteiger partial charge in [0.2, 0.25) is 0 Å². The number of esters is 3. The number of hydrogen-bond donors (Lipinski definition) is 0. The molecular weight excluding hydrogens is 636 g/mol. The lowest BCUT2D eigenvalue weighted by Gasteiger charge is -2.18. The summed E-state index contributed by atoms with van der Waals surface area (Å²) >= 11 is 0. The number of unbranched alkanes of at least 4 members (excludes halogenated alkanes) is 23. The predicted molar refractivity (Wildman–Crippen MR) is 215 cm³/mol. The Labute approximate surface area is 317 Å². The molecule has 0 aromatic heterocycles. The van der Waals surface area contributed by atoms with Crippen LogP contribution in [-0.4, -0.2) is 37.2 Å². The molecule has 0 spiro atoms. The molecule has 6 nitrogen and oxygen atoms in total. The molecule has 302 valence electrons. The third-order valence-corrected chi connectivity index (χ3v) is 10.3. The summed E-state index contributed by atoms with van der Waals surface area (Å²) in [6, 6.07) is 0. The second kappa shape index (κ2) is 38.1. The Hall–Kier alpha value is -1.59. The summed E-state index contributed by atoms with van der Waals surface area (Å²) in [5, 5.41) is 0. The highest BCUT2D eigenvalue weighted by molar-refractivity contribution is 5.71. The maximum absolute atomic E-state index is 12.6. The Morgan fingerprint density at radius 3 is 1.12 bits per heavy atom. The van der Waals surface area contributed by atoms with E-state index in [0.717, 1.165) is 69.6 Å². The Bertz CT molecular complexity index is 781. The zero-order chi connectivity index (χ0) is 37.6. The number of carbonyl (C=O) groups is 3. The molecule has 0 amide bonds. The second-order valence-corrected chi connectivity index (χ2v) is 16.1. The highest BCUT2D eigenvalue weighted by Gasteiger charge is 2.19. The van der Waals surface area contributed by atoms with Gasteiger partial charge in [-0.25, -0.2) is 0 Å². The Morgan fingerprint density at radius 1 is 0.412 bits per heavy atom. The minimum atomic E-state index is -0.759. The van der Waals surface area contributed by atoms with Gasteiger partial charge in [0.25, 0.3) is 0 Å². The molecule has 0 aliphatic heterocycles. The van der Waals surface area contributed by atoms with E-state index >= 15 is 0 Å². The first kappa shape index (κ1) is 49.4. The van der Waals surface area contributed by atoms with Crippen LogP contribution in [0.5, 0.6) is 0 Å². The van der Waals surface area contributed by atoms with Gasteiger partial charge < -0.3 is 14.2 Å². The van der Waals surface area contributed by atoms with Crippen molar-refractivity contribution in [2.45, 2.75) is 246 Å². The molecule has 0 saturated carbocycles. The van der Waals surface area contributed by atoms with Crippen LogP contribution in [0, 0.1) is 11.8 Å². The van der Waals surface area contributed by atoms with E-state index in [1.54, 1.807) is 0 Å². The molecule has 0 aromatic carbocycles. The lowest BCUT2D eigenvalue weighted by Crippen LogP contribution is -2.30. The summed E-state index contributed by atoms with van der Waals surface area (Å²) in [6.45, 7) is 11.3. The molecule has 0 aliphatic carbocycles. The summed E-state index contributed by atoms with van der Waals surface area (Å²) in [6.07, 6.45) is 35.2. The van der Waals surface area contributed by atoms with Crippen molar-refractivity contribution >= 4 is 17.9 Å². The van der Waals surface area contributed by atoms with E-state index in [4.69, 9.17) is 14.2 Å². The van der Waals surface area contributed by atoms with E-state index in [-0.39, 0.29) is 31.1 Å². The van der Waals surface area contributed by atoms with Crippen LogP contribution in [0.4, 0.5) is 0 Å². The molecule has 0 radical (unpaired) electrons. The highest BCUT2D eigenvalue weighted by atomic mass is 16.6. The van der Waals surface area contributed by atoms with Gasteiger partial charge in [-0.05, 0) is 31.1 Å². The maximum Gasteiger partial charge on any atom is 0.306 e. The van der Waals surface area contributed by atoms with Crippen molar-refractivity contribution in [1.29, 1.82) is 0 Å². The van der Waals surface area contributed by atoms with E-state index < -0.39 is 6.10 Å². The van der Waals surface area contributed by atoms with E-state index in [1.807, 2.05) is 0 Å². The van der Waals surface area contributed by atoms with Gasteiger partial charge in [0.05, 0.1) is 0 Å². The summed E-state index contributed by atoms with van der Waals surface area (Å²) in [5.41, 5.74) is 0. The molecule has 0 heterocycles. The lowest BCUT2D eigenvalue weighted by molar-refractivity contribution is -0.167. The van der Waals surface area contributed by atoms with Crippen LogP contribution in [0.25, 0.3) is 0 Å². The first-order valence-corrected chi connectivity index (χ1v) is 22.3. The molecule has 2 atom stereocenters. The third-order valence-electron chi connectivity index (χ3n) is 10.3. The Morgan fingerprint density at radius 2 is 0.745 bits per heavy atom. The zero-order valence-electron chi connectivity index (χ0n) is 34.7. The molecule has 6 heteroatoms. The Kier molecular flexibility index (Phi) is 37.0. The summed E-state index contributed by atoms with van der Waals surface area (Å²) in [4.78, 5) is 37.5. The zero-order valence-corrected chi connectivity index (χ0v) is 34.7. The average Bonchev–Trinajstić information content (AvgIpc) is 3.11. The van der Waals surface area contributed by atoms with Crippen molar-refractivity contribution in [3.8, 4) is 0 Å². The lowest BCUT2D eigenvalue weighted by atomic mass is 9.99.